The van der Waals surface area contributed by atoms with Crippen LogP contribution in [0.25, 0.3) is 53.8 Å². The molecule has 48 heavy (non-hydrogen) atoms. The first-order valence-electron chi connectivity index (χ1n) is 16.3. The molecule has 2 nitrogen and oxygen atoms in total. The van der Waals surface area contributed by atoms with Crippen molar-refractivity contribution in [3.05, 3.63) is 139 Å². The first kappa shape index (κ1) is 35.6. The van der Waals surface area contributed by atoms with E-state index < -0.39 is 8.07 Å². The number of hydrogen-bond donors (Lipinski definition) is 0. The molecule has 3 aromatic heterocycles. The van der Waals surface area contributed by atoms with Crippen LogP contribution in [0.3, 0.4) is 0 Å². The van der Waals surface area contributed by atoms with Gasteiger partial charge in [-0.2, -0.15) is 11.3 Å². The monoisotopic (exact) mass is 839 g/mol. The molecule has 1 radical (unpaired) electrons. The molecule has 0 saturated heterocycles. The van der Waals surface area contributed by atoms with Gasteiger partial charge in [0.15, 0.2) is 0 Å². The third kappa shape index (κ3) is 8.27. The smallest absolute Gasteiger partial charge is 0.0795 e. The molecular weight excluding hydrogens is 797 g/mol. The van der Waals surface area contributed by atoms with Gasteiger partial charge in [-0.15, -0.1) is 59.7 Å². The Kier molecular flexibility index (Phi) is 11.0. The minimum atomic E-state index is -1.23. The third-order valence-corrected chi connectivity index (χ3v) is 11.6. The number of aryl methyl sites for hydroxylation is 1. The van der Waals surface area contributed by atoms with Gasteiger partial charge in [0.1, 0.15) is 0 Å². The van der Waals surface area contributed by atoms with Gasteiger partial charge >= 0.3 is 0 Å². The van der Waals surface area contributed by atoms with Crippen LogP contribution in [0.1, 0.15) is 31.9 Å². The molecule has 0 saturated carbocycles. The van der Waals surface area contributed by atoms with Crippen LogP contribution in [0.5, 0.6) is 0 Å². The molecule has 0 bridgehead atoms. The first-order valence-corrected chi connectivity index (χ1v) is 20.6. The van der Waals surface area contributed by atoms with Gasteiger partial charge in [0.25, 0.3) is 0 Å². The molecule has 245 valence electrons. The van der Waals surface area contributed by atoms with Crippen molar-refractivity contribution < 1.29 is 20.1 Å². The van der Waals surface area contributed by atoms with E-state index in [9.17, 15) is 0 Å². The molecule has 5 heteroatoms. The molecule has 7 aromatic rings. The molecule has 0 aliphatic heterocycles. The average Bonchev–Trinajstić information content (AvgIpc) is 3.44. The van der Waals surface area contributed by atoms with E-state index in [1.807, 2.05) is 54.1 Å². The Bertz CT molecular complexity index is 2130. The predicted molar refractivity (Wildman–Crippen MR) is 206 cm³/mol. The Morgan fingerprint density at radius 2 is 1.46 bits per heavy atom. The molecule has 4 aromatic carbocycles. The van der Waals surface area contributed by atoms with Gasteiger partial charge in [-0.05, 0) is 68.2 Å². The Hall–Kier alpha value is -3.73. The standard InChI is InChI=1S/C29H26NS.C14H16NSi.Ir/c1-19-18-30-26(15-22(19)17-29(2,3)4)25-12-8-11-24-23-14-13-21(16-27(23)31-28(24)25)20-9-6-5-7-10-20;1-16(2,3)13-9-10-14(15-11-13)12-7-5-4-6-8-12;/h5-11,13-16,18H,17H2,1-4H3;4-7,9-11H,1-3H3;/q2*-1;. The number of benzene rings is 4. The van der Waals surface area contributed by atoms with Crippen molar-refractivity contribution in [2.45, 2.75) is 53.8 Å². The zero-order valence-corrected chi connectivity index (χ0v) is 33.0. The number of pyridine rings is 2. The van der Waals surface area contributed by atoms with E-state index in [1.54, 1.807) is 0 Å². The summed E-state index contributed by atoms with van der Waals surface area (Å²) in [4.78, 5) is 9.32. The van der Waals surface area contributed by atoms with Gasteiger partial charge in [0, 0.05) is 37.2 Å². The van der Waals surface area contributed by atoms with Crippen LogP contribution in [-0.2, 0) is 26.5 Å². The number of hydrogen-bond acceptors (Lipinski definition) is 3. The topological polar surface area (TPSA) is 25.8 Å². The molecule has 0 fully saturated rings. The maximum atomic E-state index is 4.80. The summed E-state index contributed by atoms with van der Waals surface area (Å²) in [5.41, 5.74) is 9.56. The second kappa shape index (κ2) is 14.8. The van der Waals surface area contributed by atoms with Gasteiger partial charge in [0.2, 0.25) is 0 Å². The zero-order chi connectivity index (χ0) is 33.2. The second-order valence-corrected chi connectivity index (χ2v) is 20.6. The number of rotatable bonds is 5. The van der Waals surface area contributed by atoms with Crippen LogP contribution in [0.2, 0.25) is 19.6 Å². The van der Waals surface area contributed by atoms with Crippen LogP contribution >= 0.6 is 11.3 Å². The van der Waals surface area contributed by atoms with E-state index in [-0.39, 0.29) is 25.5 Å². The van der Waals surface area contributed by atoms with Gasteiger partial charge in [-0.25, -0.2) is 0 Å². The van der Waals surface area contributed by atoms with Gasteiger partial charge in [0.05, 0.1) is 8.07 Å². The van der Waals surface area contributed by atoms with Crippen LogP contribution in [0.15, 0.2) is 116 Å². The molecular formula is C43H42IrN2SSi-2. The van der Waals surface area contributed by atoms with Crippen molar-refractivity contribution in [3.63, 3.8) is 0 Å². The number of aromatic nitrogens is 2. The van der Waals surface area contributed by atoms with Crippen molar-refractivity contribution in [3.8, 4) is 33.6 Å². The Morgan fingerprint density at radius 3 is 2.12 bits per heavy atom. The van der Waals surface area contributed by atoms with Gasteiger partial charge < -0.3 is 9.97 Å². The Labute approximate surface area is 304 Å². The fourth-order valence-corrected chi connectivity index (χ4v) is 8.04. The number of nitrogens with zero attached hydrogens (tertiary/aromatic N) is 2. The van der Waals surface area contributed by atoms with E-state index in [4.69, 9.17) is 4.98 Å². The van der Waals surface area contributed by atoms with E-state index in [1.165, 1.54) is 47.6 Å². The summed E-state index contributed by atoms with van der Waals surface area (Å²) in [5.74, 6) is 0. The molecule has 0 unspecified atom stereocenters. The molecule has 0 atom stereocenters. The quantitative estimate of drug-likeness (QED) is 0.127. The largest absolute Gasteiger partial charge is 0.305 e. The fourth-order valence-electron chi connectivity index (χ4n) is 5.76. The molecule has 0 spiro atoms. The fraction of sp³-hybridized carbons (Fsp3) is 0.209. The summed E-state index contributed by atoms with van der Waals surface area (Å²) in [7, 11) is -1.23. The summed E-state index contributed by atoms with van der Waals surface area (Å²) in [6.45, 7) is 16.0. The molecule has 0 aliphatic rings. The molecule has 0 N–H and O–H groups in total. The minimum absolute atomic E-state index is 0. The summed E-state index contributed by atoms with van der Waals surface area (Å²) in [5, 5.41) is 3.98. The maximum absolute atomic E-state index is 4.80. The van der Waals surface area contributed by atoms with E-state index >= 15 is 0 Å². The number of thiophene rings is 1. The predicted octanol–water partition coefficient (Wildman–Crippen LogP) is 11.6. The van der Waals surface area contributed by atoms with Gasteiger partial charge in [-0.3, -0.25) is 0 Å². The summed E-state index contributed by atoms with van der Waals surface area (Å²) in [6, 6.07) is 42.8. The van der Waals surface area contributed by atoms with Crippen LogP contribution < -0.4 is 5.19 Å². The van der Waals surface area contributed by atoms with Gasteiger partial charge in [-0.1, -0.05) is 112 Å². The molecule has 7 rings (SSSR count). The zero-order valence-electron chi connectivity index (χ0n) is 28.8. The normalized spacial score (nSPS) is 11.6. The van der Waals surface area contributed by atoms with Crippen molar-refractivity contribution >= 4 is 44.8 Å². The van der Waals surface area contributed by atoms with Crippen LogP contribution in [-0.4, -0.2) is 18.0 Å². The summed E-state index contributed by atoms with van der Waals surface area (Å²) in [6.07, 6.45) is 5.07. The van der Waals surface area contributed by atoms with E-state index in [0.717, 1.165) is 28.9 Å². The maximum Gasteiger partial charge on any atom is 0.0795 e. The number of fused-ring (bicyclic) bond motifs is 3. The Morgan fingerprint density at radius 1 is 0.708 bits per heavy atom. The van der Waals surface area contributed by atoms with Crippen molar-refractivity contribution in [1.29, 1.82) is 0 Å². The van der Waals surface area contributed by atoms with Crippen molar-refractivity contribution in [2.75, 3.05) is 0 Å². The van der Waals surface area contributed by atoms with Crippen molar-refractivity contribution in [1.82, 2.24) is 9.97 Å². The van der Waals surface area contributed by atoms with E-state index in [0.29, 0.717) is 0 Å². The van der Waals surface area contributed by atoms with Crippen LogP contribution in [0, 0.1) is 24.5 Å². The summed E-state index contributed by atoms with van der Waals surface area (Å²) >= 11 is 1.84. The van der Waals surface area contributed by atoms with E-state index in [2.05, 4.69) is 137 Å². The third-order valence-electron chi connectivity index (χ3n) is 8.35. The van der Waals surface area contributed by atoms with Crippen LogP contribution in [0.4, 0.5) is 0 Å². The Balaban J connectivity index is 0.000000224. The minimum Gasteiger partial charge on any atom is -0.305 e. The SMILES string of the molecule is C[Si](C)(C)c1ccc(-c2[c-]cccc2)nc1.Cc1cnc(-c2[c-]ccc3c2sc2cc(-c4ccccc4)ccc23)cc1CC(C)(C)C.[Ir]. The molecule has 0 aliphatic carbocycles. The van der Waals surface area contributed by atoms with Crippen molar-refractivity contribution in [2.24, 2.45) is 5.41 Å². The molecule has 3 heterocycles. The first-order chi connectivity index (χ1) is 22.5. The average molecular weight is 839 g/mol. The molecule has 0 amide bonds. The second-order valence-electron chi connectivity index (χ2n) is 14.5. The summed E-state index contributed by atoms with van der Waals surface area (Å²) < 4.78 is 2.57.